The Morgan fingerprint density at radius 2 is 2.12 bits per heavy atom. The van der Waals surface area contributed by atoms with Crippen LogP contribution in [-0.2, 0) is 11.3 Å². The lowest BCUT2D eigenvalue weighted by molar-refractivity contribution is -0.0589. The van der Waals surface area contributed by atoms with E-state index in [1.165, 1.54) is 35.9 Å². The van der Waals surface area contributed by atoms with Crippen LogP contribution in [-0.4, -0.2) is 30.4 Å². The summed E-state index contributed by atoms with van der Waals surface area (Å²) >= 11 is 0. The van der Waals surface area contributed by atoms with Gasteiger partial charge in [0.1, 0.15) is 0 Å². The number of nitriles is 1. The Hall–Kier alpha value is -1.83. The fourth-order valence-electron chi connectivity index (χ4n) is 4.71. The number of nitrogens with one attached hydrogen (secondary N) is 1. The second kappa shape index (κ2) is 5.34. The lowest BCUT2D eigenvalue weighted by Gasteiger charge is -2.29. The molecule has 124 valence electrons. The first-order valence-corrected chi connectivity index (χ1v) is 9.15. The lowest BCUT2D eigenvalue weighted by atomic mass is 9.91. The molecule has 5 rings (SSSR count). The Kier molecular flexibility index (Phi) is 3.23. The first kappa shape index (κ1) is 14.5. The molecule has 0 amide bonds. The molecule has 2 aromatic rings. The van der Waals surface area contributed by atoms with Crippen molar-refractivity contribution in [2.75, 3.05) is 19.7 Å². The van der Waals surface area contributed by atoms with Crippen molar-refractivity contribution in [1.29, 1.82) is 5.26 Å². The van der Waals surface area contributed by atoms with Gasteiger partial charge in [0.15, 0.2) is 0 Å². The Morgan fingerprint density at radius 3 is 2.83 bits per heavy atom. The number of hydrogen-bond acceptors (Lipinski definition) is 3. The molecule has 3 fully saturated rings. The van der Waals surface area contributed by atoms with Crippen LogP contribution < -0.4 is 5.32 Å². The van der Waals surface area contributed by atoms with Gasteiger partial charge in [-0.25, -0.2) is 0 Å². The van der Waals surface area contributed by atoms with E-state index in [9.17, 15) is 5.26 Å². The van der Waals surface area contributed by atoms with Gasteiger partial charge in [-0.1, -0.05) is 6.07 Å². The summed E-state index contributed by atoms with van der Waals surface area (Å²) in [6.07, 6.45) is 5.40. The zero-order valence-electron chi connectivity index (χ0n) is 13.9. The van der Waals surface area contributed by atoms with Crippen LogP contribution in [0.1, 0.15) is 42.9 Å². The summed E-state index contributed by atoms with van der Waals surface area (Å²) in [5.41, 5.74) is 3.94. The molecule has 0 bridgehead atoms. The maximum atomic E-state index is 9.26. The number of nitrogens with zero attached hydrogens (tertiary/aromatic N) is 2. The molecular weight excluding hydrogens is 298 g/mol. The molecule has 4 heteroatoms. The van der Waals surface area contributed by atoms with Crippen molar-refractivity contribution in [3.63, 3.8) is 0 Å². The van der Waals surface area contributed by atoms with Gasteiger partial charge < -0.3 is 14.6 Å². The van der Waals surface area contributed by atoms with Crippen LogP contribution in [0.15, 0.2) is 24.3 Å². The van der Waals surface area contributed by atoms with E-state index >= 15 is 0 Å². The van der Waals surface area contributed by atoms with E-state index in [1.54, 1.807) is 0 Å². The fourth-order valence-corrected chi connectivity index (χ4v) is 4.71. The standard InChI is InChI=1S/C20H23N3O/c21-12-14-1-2-15-10-19(17-11-20(17)4-6-22-7-5-20)23(18(15)9-14)13-16-3-8-24-16/h1-2,9-10,16-17,22H,3-8,11,13H2/t16-,17+/m1/s1. The quantitative estimate of drug-likeness (QED) is 0.945. The highest BCUT2D eigenvalue weighted by Gasteiger charge is 2.55. The van der Waals surface area contributed by atoms with E-state index in [1.807, 2.05) is 6.07 Å². The highest BCUT2D eigenvalue weighted by Crippen LogP contribution is 2.64. The van der Waals surface area contributed by atoms with Crippen LogP contribution in [0.25, 0.3) is 10.9 Å². The zero-order valence-corrected chi connectivity index (χ0v) is 13.9. The molecule has 1 N–H and O–H groups in total. The first-order chi connectivity index (χ1) is 11.8. The third-order valence-electron chi connectivity index (χ3n) is 6.39. The summed E-state index contributed by atoms with van der Waals surface area (Å²) < 4.78 is 8.17. The van der Waals surface area contributed by atoms with Crippen LogP contribution in [0.4, 0.5) is 0 Å². The van der Waals surface area contributed by atoms with Crippen LogP contribution in [0.5, 0.6) is 0 Å². The molecule has 0 radical (unpaired) electrons. The number of fused-ring (bicyclic) bond motifs is 1. The Morgan fingerprint density at radius 1 is 1.29 bits per heavy atom. The van der Waals surface area contributed by atoms with Crippen molar-refractivity contribution in [1.82, 2.24) is 9.88 Å². The van der Waals surface area contributed by atoms with Gasteiger partial charge in [-0.15, -0.1) is 0 Å². The van der Waals surface area contributed by atoms with Crippen LogP contribution in [0.2, 0.25) is 0 Å². The van der Waals surface area contributed by atoms with Gasteiger partial charge in [0.05, 0.1) is 17.7 Å². The van der Waals surface area contributed by atoms with Crippen molar-refractivity contribution >= 4 is 10.9 Å². The minimum atomic E-state index is 0.341. The van der Waals surface area contributed by atoms with Crippen LogP contribution >= 0.6 is 0 Å². The summed E-state index contributed by atoms with van der Waals surface area (Å²) in [4.78, 5) is 0. The van der Waals surface area contributed by atoms with E-state index in [2.05, 4.69) is 34.2 Å². The van der Waals surface area contributed by atoms with Crippen molar-refractivity contribution in [2.24, 2.45) is 5.41 Å². The molecule has 3 aliphatic rings. The van der Waals surface area contributed by atoms with Crippen LogP contribution in [0.3, 0.4) is 0 Å². The second-order valence-corrected chi connectivity index (χ2v) is 7.72. The van der Waals surface area contributed by atoms with Crippen molar-refractivity contribution < 1.29 is 4.74 Å². The third-order valence-corrected chi connectivity index (χ3v) is 6.39. The van der Waals surface area contributed by atoms with E-state index in [4.69, 9.17) is 4.74 Å². The minimum Gasteiger partial charge on any atom is -0.376 e. The molecular formula is C20H23N3O. The summed E-state index contributed by atoms with van der Waals surface area (Å²) in [7, 11) is 0. The molecule has 1 spiro atoms. The average molecular weight is 321 g/mol. The molecule has 2 atom stereocenters. The zero-order chi connectivity index (χ0) is 16.1. The van der Waals surface area contributed by atoms with Gasteiger partial charge in [0, 0.05) is 30.3 Å². The van der Waals surface area contributed by atoms with Gasteiger partial charge >= 0.3 is 0 Å². The SMILES string of the molecule is N#Cc1ccc2cc([C@@H]3CC34CCNCC4)n(C[C@H]3CCO3)c2c1. The molecule has 1 saturated carbocycles. The Labute approximate surface area is 142 Å². The summed E-state index contributed by atoms with van der Waals surface area (Å²) in [6.45, 7) is 4.13. The minimum absolute atomic E-state index is 0.341. The van der Waals surface area contributed by atoms with Gasteiger partial charge in [-0.3, -0.25) is 0 Å². The van der Waals surface area contributed by atoms with Gasteiger partial charge in [-0.2, -0.15) is 5.26 Å². The number of ether oxygens (including phenoxy) is 1. The van der Waals surface area contributed by atoms with Crippen molar-refractivity contribution in [3.05, 3.63) is 35.5 Å². The van der Waals surface area contributed by atoms with E-state index < -0.39 is 0 Å². The monoisotopic (exact) mass is 321 g/mol. The number of hydrogen-bond donors (Lipinski definition) is 1. The molecule has 1 aromatic heterocycles. The molecule has 3 heterocycles. The molecule has 24 heavy (non-hydrogen) atoms. The number of benzene rings is 1. The average Bonchev–Trinajstić information content (AvgIpc) is 3.13. The Balaban J connectivity index is 1.57. The predicted molar refractivity (Wildman–Crippen MR) is 92.9 cm³/mol. The van der Waals surface area contributed by atoms with Gasteiger partial charge in [0.2, 0.25) is 0 Å². The highest BCUT2D eigenvalue weighted by molar-refractivity contribution is 5.83. The van der Waals surface area contributed by atoms with E-state index in [-0.39, 0.29) is 0 Å². The lowest BCUT2D eigenvalue weighted by Crippen LogP contribution is -2.32. The van der Waals surface area contributed by atoms with E-state index in [0.717, 1.165) is 38.2 Å². The van der Waals surface area contributed by atoms with Gasteiger partial charge in [-0.05, 0) is 67.8 Å². The molecule has 1 aliphatic carbocycles. The smallest absolute Gasteiger partial charge is 0.0992 e. The maximum absolute atomic E-state index is 9.26. The molecule has 4 nitrogen and oxygen atoms in total. The largest absolute Gasteiger partial charge is 0.376 e. The van der Waals surface area contributed by atoms with Gasteiger partial charge in [0.25, 0.3) is 0 Å². The predicted octanol–water partition coefficient (Wildman–Crippen LogP) is 3.16. The second-order valence-electron chi connectivity index (χ2n) is 7.72. The number of rotatable bonds is 3. The topological polar surface area (TPSA) is 50.0 Å². The molecule has 1 aromatic carbocycles. The number of aromatic nitrogens is 1. The summed E-state index contributed by atoms with van der Waals surface area (Å²) in [5, 5.41) is 14.0. The Bertz CT molecular complexity index is 821. The third kappa shape index (κ3) is 2.19. The molecule has 2 saturated heterocycles. The highest BCUT2D eigenvalue weighted by atomic mass is 16.5. The normalized spacial score (nSPS) is 27.8. The summed E-state index contributed by atoms with van der Waals surface area (Å²) in [5.74, 6) is 0.678. The maximum Gasteiger partial charge on any atom is 0.0992 e. The van der Waals surface area contributed by atoms with Crippen molar-refractivity contribution in [2.45, 2.75) is 44.2 Å². The first-order valence-electron chi connectivity index (χ1n) is 9.15. The fraction of sp³-hybridized carbons (Fsp3) is 0.550. The van der Waals surface area contributed by atoms with Crippen LogP contribution in [0, 0.1) is 16.7 Å². The molecule has 0 unspecified atom stereocenters. The van der Waals surface area contributed by atoms with Crippen molar-refractivity contribution in [3.8, 4) is 6.07 Å². The summed E-state index contributed by atoms with van der Waals surface area (Å²) in [6, 6.07) is 10.7. The van der Waals surface area contributed by atoms with E-state index in [0.29, 0.717) is 17.4 Å². The molecule has 2 aliphatic heterocycles. The number of piperidine rings is 1.